The summed E-state index contributed by atoms with van der Waals surface area (Å²) in [4.78, 5) is 35.9. The molecule has 13 heteroatoms. The molecule has 0 bridgehead atoms. The number of rotatable bonds is 10. The molecule has 1 heterocycles. The summed E-state index contributed by atoms with van der Waals surface area (Å²) in [6.07, 6.45) is -0.407. The fourth-order valence-corrected chi connectivity index (χ4v) is 3.69. The van der Waals surface area contributed by atoms with E-state index in [1.54, 1.807) is 25.1 Å². The van der Waals surface area contributed by atoms with Gasteiger partial charge in [-0.2, -0.15) is 0 Å². The molecule has 0 aliphatic rings. The van der Waals surface area contributed by atoms with E-state index in [0.717, 1.165) is 11.8 Å². The topological polar surface area (TPSA) is 128 Å². The first kappa shape index (κ1) is 23.9. The number of hydrogen-bond acceptors (Lipinski definition) is 8. The number of carbonyl (C=O) groups is 3. The SMILES string of the molecule is CCC(NC(=O)OCCNC(C)=O)C(=O)Cn1nnnc1Sc1c(Cl)cccc1Cl. The normalized spacial score (nSPS) is 11.6. The van der Waals surface area contributed by atoms with Crippen molar-refractivity contribution < 1.29 is 19.1 Å². The van der Waals surface area contributed by atoms with Crippen LogP contribution >= 0.6 is 35.0 Å². The lowest BCUT2D eigenvalue weighted by molar-refractivity contribution is -0.122. The fraction of sp³-hybridized carbons (Fsp3) is 0.412. The molecule has 2 N–H and O–H groups in total. The van der Waals surface area contributed by atoms with Gasteiger partial charge in [-0.15, -0.1) is 5.10 Å². The van der Waals surface area contributed by atoms with E-state index in [9.17, 15) is 14.4 Å². The van der Waals surface area contributed by atoms with Crippen LogP contribution in [-0.2, 0) is 20.9 Å². The highest BCUT2D eigenvalue weighted by atomic mass is 35.5. The van der Waals surface area contributed by atoms with Gasteiger partial charge in [0.05, 0.1) is 27.5 Å². The molecule has 1 aromatic carbocycles. The van der Waals surface area contributed by atoms with E-state index in [-0.39, 0.29) is 31.4 Å². The van der Waals surface area contributed by atoms with E-state index >= 15 is 0 Å². The minimum absolute atomic E-state index is 0.0115. The van der Waals surface area contributed by atoms with Crippen LogP contribution in [0.2, 0.25) is 10.0 Å². The van der Waals surface area contributed by atoms with Gasteiger partial charge in [0.1, 0.15) is 13.2 Å². The maximum absolute atomic E-state index is 12.6. The predicted octanol–water partition coefficient (Wildman–Crippen LogP) is 2.34. The quantitative estimate of drug-likeness (QED) is 0.502. The van der Waals surface area contributed by atoms with Crippen molar-refractivity contribution in [3.63, 3.8) is 0 Å². The molecule has 10 nitrogen and oxygen atoms in total. The number of amides is 2. The molecule has 0 aliphatic carbocycles. The maximum Gasteiger partial charge on any atom is 0.407 e. The average molecular weight is 475 g/mol. The Labute approximate surface area is 187 Å². The number of tetrazole rings is 1. The third-order valence-corrected chi connectivity index (χ3v) is 5.69. The molecule has 162 valence electrons. The van der Waals surface area contributed by atoms with Gasteiger partial charge in [0, 0.05) is 6.92 Å². The molecule has 0 saturated heterocycles. The Morgan fingerprint density at radius 3 is 2.60 bits per heavy atom. The summed E-state index contributed by atoms with van der Waals surface area (Å²) in [6, 6.07) is 4.30. The zero-order chi connectivity index (χ0) is 22.1. The van der Waals surface area contributed by atoms with Gasteiger partial charge in [0.2, 0.25) is 11.1 Å². The van der Waals surface area contributed by atoms with Gasteiger partial charge in [-0.3, -0.25) is 9.59 Å². The number of ketones is 1. The summed E-state index contributed by atoms with van der Waals surface area (Å²) >= 11 is 13.5. The second-order valence-electron chi connectivity index (χ2n) is 5.96. The van der Waals surface area contributed by atoms with Crippen LogP contribution < -0.4 is 10.6 Å². The zero-order valence-corrected chi connectivity index (χ0v) is 18.6. The molecular formula is C17H20Cl2N6O4S. The predicted molar refractivity (Wildman–Crippen MR) is 111 cm³/mol. The van der Waals surface area contributed by atoms with Crippen molar-refractivity contribution in [2.45, 2.75) is 42.9 Å². The highest BCUT2D eigenvalue weighted by Gasteiger charge is 2.22. The van der Waals surface area contributed by atoms with Crippen LogP contribution in [0.5, 0.6) is 0 Å². The van der Waals surface area contributed by atoms with Gasteiger partial charge >= 0.3 is 6.09 Å². The third-order valence-electron chi connectivity index (χ3n) is 3.72. The van der Waals surface area contributed by atoms with E-state index in [0.29, 0.717) is 26.5 Å². The van der Waals surface area contributed by atoms with Gasteiger partial charge < -0.3 is 15.4 Å². The van der Waals surface area contributed by atoms with Gasteiger partial charge in [-0.1, -0.05) is 36.2 Å². The molecule has 0 aliphatic heterocycles. The van der Waals surface area contributed by atoms with Crippen molar-refractivity contribution in [3.05, 3.63) is 28.2 Å². The number of nitrogens with zero attached hydrogens (tertiary/aromatic N) is 4. The number of benzene rings is 1. The summed E-state index contributed by atoms with van der Waals surface area (Å²) in [5, 5.41) is 17.5. The number of carbonyl (C=O) groups excluding carboxylic acids is 3. The van der Waals surface area contributed by atoms with Crippen molar-refractivity contribution in [2.75, 3.05) is 13.2 Å². The molecule has 2 rings (SSSR count). The zero-order valence-electron chi connectivity index (χ0n) is 16.2. The number of halogens is 2. The highest BCUT2D eigenvalue weighted by molar-refractivity contribution is 7.99. The average Bonchev–Trinajstić information content (AvgIpc) is 3.12. The van der Waals surface area contributed by atoms with Crippen LogP contribution in [0.25, 0.3) is 0 Å². The fourth-order valence-electron chi connectivity index (χ4n) is 2.26. The molecule has 1 aromatic heterocycles. The van der Waals surface area contributed by atoms with Gasteiger partial charge in [-0.25, -0.2) is 9.48 Å². The summed E-state index contributed by atoms with van der Waals surface area (Å²) in [7, 11) is 0. The van der Waals surface area contributed by atoms with Crippen molar-refractivity contribution in [2.24, 2.45) is 0 Å². The second-order valence-corrected chi connectivity index (χ2v) is 7.75. The number of hydrogen-bond donors (Lipinski definition) is 2. The number of ether oxygens (including phenoxy) is 1. The van der Waals surface area contributed by atoms with E-state index in [4.69, 9.17) is 27.9 Å². The summed E-state index contributed by atoms with van der Waals surface area (Å²) in [6.45, 7) is 3.11. The molecule has 2 aromatic rings. The Hall–Kier alpha value is -2.37. The van der Waals surface area contributed by atoms with Crippen LogP contribution in [0.4, 0.5) is 4.79 Å². The Kier molecular flexibility index (Phi) is 9.34. The molecule has 30 heavy (non-hydrogen) atoms. The number of Topliss-reactive ketones (excluding diaryl/α,β-unsaturated/α-hetero) is 1. The lowest BCUT2D eigenvalue weighted by Gasteiger charge is -2.16. The van der Waals surface area contributed by atoms with Gasteiger partial charge in [-0.05, 0) is 40.7 Å². The second kappa shape index (κ2) is 11.7. The van der Waals surface area contributed by atoms with E-state index < -0.39 is 12.1 Å². The van der Waals surface area contributed by atoms with Crippen LogP contribution in [0, 0.1) is 0 Å². The molecule has 1 unspecified atom stereocenters. The van der Waals surface area contributed by atoms with Crippen LogP contribution in [0.1, 0.15) is 20.3 Å². The molecule has 1 atom stereocenters. The molecular weight excluding hydrogens is 455 g/mol. The molecule has 0 spiro atoms. The maximum atomic E-state index is 12.6. The van der Waals surface area contributed by atoms with Gasteiger partial charge in [0.15, 0.2) is 5.78 Å². The molecule has 2 amide bonds. The summed E-state index contributed by atoms with van der Waals surface area (Å²) in [5.74, 6) is -0.537. The van der Waals surface area contributed by atoms with Crippen molar-refractivity contribution >= 4 is 52.7 Å². The standard InChI is InChI=1S/C17H20Cl2N6O4S/c1-3-13(21-17(28)29-8-7-20-10(2)26)14(27)9-25-16(22-23-24-25)30-15-11(18)5-4-6-12(15)19/h4-6,13H,3,7-9H2,1-2H3,(H,20,26)(H,21,28). The van der Waals surface area contributed by atoms with Crippen LogP contribution in [-0.4, -0.2) is 57.2 Å². The lowest BCUT2D eigenvalue weighted by Crippen LogP contribution is -2.43. The Morgan fingerprint density at radius 1 is 1.27 bits per heavy atom. The Morgan fingerprint density at radius 2 is 1.97 bits per heavy atom. The first-order valence-corrected chi connectivity index (χ1v) is 10.5. The van der Waals surface area contributed by atoms with Crippen molar-refractivity contribution in [3.8, 4) is 0 Å². The van der Waals surface area contributed by atoms with E-state index in [1.165, 1.54) is 11.6 Å². The number of aromatic nitrogens is 4. The van der Waals surface area contributed by atoms with Crippen LogP contribution in [0.3, 0.4) is 0 Å². The van der Waals surface area contributed by atoms with E-state index in [1.807, 2.05) is 0 Å². The number of alkyl carbamates (subject to hydrolysis) is 1. The molecule has 0 saturated carbocycles. The van der Waals surface area contributed by atoms with Crippen molar-refractivity contribution in [1.82, 2.24) is 30.8 Å². The molecule has 0 radical (unpaired) electrons. The Bertz CT molecular complexity index is 890. The summed E-state index contributed by atoms with van der Waals surface area (Å²) < 4.78 is 6.25. The minimum atomic E-state index is -0.788. The smallest absolute Gasteiger partial charge is 0.407 e. The third kappa shape index (κ3) is 7.15. The lowest BCUT2D eigenvalue weighted by atomic mass is 10.1. The van der Waals surface area contributed by atoms with E-state index in [2.05, 4.69) is 26.2 Å². The van der Waals surface area contributed by atoms with Crippen molar-refractivity contribution in [1.29, 1.82) is 0 Å². The largest absolute Gasteiger partial charge is 0.448 e. The first-order valence-electron chi connectivity index (χ1n) is 8.90. The Balaban J connectivity index is 1.95. The molecule has 0 fully saturated rings. The first-order chi connectivity index (χ1) is 14.3. The minimum Gasteiger partial charge on any atom is -0.448 e. The van der Waals surface area contributed by atoms with Gasteiger partial charge in [0.25, 0.3) is 0 Å². The van der Waals surface area contributed by atoms with Crippen LogP contribution in [0.15, 0.2) is 28.3 Å². The summed E-state index contributed by atoms with van der Waals surface area (Å²) in [5.41, 5.74) is 0. The number of nitrogens with one attached hydrogen (secondary N) is 2. The monoisotopic (exact) mass is 474 g/mol. The highest BCUT2D eigenvalue weighted by Crippen LogP contribution is 2.37.